The van der Waals surface area contributed by atoms with Crippen molar-refractivity contribution in [2.75, 3.05) is 13.7 Å². The van der Waals surface area contributed by atoms with Gasteiger partial charge in [0.05, 0.1) is 19.1 Å². The maximum atomic E-state index is 12.6. The molecule has 1 saturated heterocycles. The smallest absolute Gasteiger partial charge is 0.226 e. The van der Waals surface area contributed by atoms with Crippen molar-refractivity contribution in [2.45, 2.75) is 12.6 Å². The molecule has 2 aromatic rings. The Morgan fingerprint density at radius 1 is 1.29 bits per heavy atom. The Balaban J connectivity index is 1.67. The normalized spacial score (nSPS) is 19.9. The number of halogens is 1. The minimum absolute atomic E-state index is 0.000274. The molecule has 1 aliphatic heterocycles. The van der Waals surface area contributed by atoms with Crippen molar-refractivity contribution in [3.8, 4) is 5.75 Å². The average molecular weight is 346 g/mol. The predicted molar refractivity (Wildman–Crippen MR) is 93.7 cm³/mol. The van der Waals surface area contributed by atoms with Crippen molar-refractivity contribution in [2.24, 2.45) is 5.92 Å². The first-order valence-corrected chi connectivity index (χ1v) is 8.19. The van der Waals surface area contributed by atoms with E-state index < -0.39 is 0 Å². The summed E-state index contributed by atoms with van der Waals surface area (Å²) in [5, 5.41) is 3.65. The minimum atomic E-state index is -0.198. The highest BCUT2D eigenvalue weighted by molar-refractivity contribution is 6.30. The Hall–Kier alpha value is -2.08. The van der Waals surface area contributed by atoms with Crippen molar-refractivity contribution in [3.05, 3.63) is 64.7 Å². The topological polar surface area (TPSA) is 62.4 Å². The number of nitrogens with one attached hydrogen (secondary N) is 3. The number of hydrogen-bond acceptors (Lipinski definition) is 4. The van der Waals surface area contributed by atoms with Crippen molar-refractivity contribution in [1.82, 2.24) is 16.2 Å². The second kappa shape index (κ2) is 7.66. The Morgan fingerprint density at radius 3 is 2.92 bits per heavy atom. The van der Waals surface area contributed by atoms with Crippen LogP contribution in [0.4, 0.5) is 0 Å². The molecule has 0 spiro atoms. The molecule has 1 amide bonds. The summed E-state index contributed by atoms with van der Waals surface area (Å²) in [6.45, 7) is 1.03. The Bertz CT molecular complexity index is 723. The van der Waals surface area contributed by atoms with Crippen LogP contribution >= 0.6 is 11.6 Å². The molecule has 6 heteroatoms. The zero-order valence-electron chi connectivity index (χ0n) is 13.4. The van der Waals surface area contributed by atoms with E-state index in [4.69, 9.17) is 16.3 Å². The summed E-state index contributed by atoms with van der Waals surface area (Å²) in [6, 6.07) is 15.1. The molecule has 0 saturated carbocycles. The third-order valence-electron chi connectivity index (χ3n) is 4.13. The maximum absolute atomic E-state index is 12.6. The van der Waals surface area contributed by atoms with Gasteiger partial charge in [-0.05, 0) is 35.4 Å². The highest BCUT2D eigenvalue weighted by Crippen LogP contribution is 2.27. The van der Waals surface area contributed by atoms with Gasteiger partial charge in [0.15, 0.2) is 0 Å². The largest absolute Gasteiger partial charge is 0.497 e. The monoisotopic (exact) mass is 345 g/mol. The van der Waals surface area contributed by atoms with Crippen LogP contribution in [-0.4, -0.2) is 19.6 Å². The summed E-state index contributed by atoms with van der Waals surface area (Å²) in [5.74, 6) is 0.580. The Morgan fingerprint density at radius 2 is 2.12 bits per heavy atom. The van der Waals surface area contributed by atoms with E-state index in [9.17, 15) is 4.79 Å². The van der Waals surface area contributed by atoms with E-state index in [0.717, 1.165) is 16.9 Å². The molecule has 2 unspecified atom stereocenters. The average Bonchev–Trinajstić information content (AvgIpc) is 3.09. The lowest BCUT2D eigenvalue weighted by molar-refractivity contribution is -0.125. The highest BCUT2D eigenvalue weighted by Gasteiger charge is 2.33. The third-order valence-corrected chi connectivity index (χ3v) is 4.36. The standard InChI is InChI=1S/C18H20ClN3O2/c1-24-15-7-3-5-13(9-15)17-16(11-21-22-17)18(23)20-10-12-4-2-6-14(19)8-12/h2-9,16-17,21-22H,10-11H2,1H3,(H,20,23). The van der Waals surface area contributed by atoms with E-state index in [1.54, 1.807) is 7.11 Å². The van der Waals surface area contributed by atoms with Crippen molar-refractivity contribution in [1.29, 1.82) is 0 Å². The molecule has 126 valence electrons. The van der Waals surface area contributed by atoms with Crippen molar-refractivity contribution < 1.29 is 9.53 Å². The quantitative estimate of drug-likeness (QED) is 0.779. The van der Waals surface area contributed by atoms with Gasteiger partial charge in [-0.25, -0.2) is 5.43 Å². The maximum Gasteiger partial charge on any atom is 0.226 e. The van der Waals surface area contributed by atoms with E-state index >= 15 is 0 Å². The van der Waals surface area contributed by atoms with Crippen LogP contribution in [-0.2, 0) is 11.3 Å². The van der Waals surface area contributed by atoms with Crippen LogP contribution in [0.25, 0.3) is 0 Å². The van der Waals surface area contributed by atoms with E-state index in [1.807, 2.05) is 48.5 Å². The van der Waals surface area contributed by atoms with Gasteiger partial charge >= 0.3 is 0 Å². The van der Waals surface area contributed by atoms with Crippen LogP contribution in [0.5, 0.6) is 5.75 Å². The molecule has 5 nitrogen and oxygen atoms in total. The van der Waals surface area contributed by atoms with Gasteiger partial charge in [-0.1, -0.05) is 35.9 Å². The van der Waals surface area contributed by atoms with Crippen LogP contribution in [0.2, 0.25) is 5.02 Å². The number of carbonyl (C=O) groups is 1. The van der Waals surface area contributed by atoms with Gasteiger partial charge in [0.1, 0.15) is 5.75 Å². The van der Waals surface area contributed by atoms with Gasteiger partial charge < -0.3 is 10.1 Å². The van der Waals surface area contributed by atoms with Crippen LogP contribution in [0.1, 0.15) is 17.2 Å². The second-order valence-electron chi connectivity index (χ2n) is 5.73. The second-order valence-corrected chi connectivity index (χ2v) is 6.17. The van der Waals surface area contributed by atoms with Gasteiger partial charge in [0.25, 0.3) is 0 Å². The summed E-state index contributed by atoms with van der Waals surface area (Å²) >= 11 is 5.97. The molecule has 0 aliphatic carbocycles. The number of rotatable bonds is 5. The number of methoxy groups -OCH3 is 1. The molecule has 2 aromatic carbocycles. The summed E-state index contributed by atoms with van der Waals surface area (Å²) in [7, 11) is 1.63. The SMILES string of the molecule is COc1cccc(C2NNCC2C(=O)NCc2cccc(Cl)c2)c1. The molecule has 1 fully saturated rings. The number of amides is 1. The van der Waals surface area contributed by atoms with E-state index in [-0.39, 0.29) is 17.9 Å². The first-order chi connectivity index (χ1) is 11.7. The zero-order chi connectivity index (χ0) is 16.9. The summed E-state index contributed by atoms with van der Waals surface area (Å²) in [5.41, 5.74) is 8.24. The van der Waals surface area contributed by atoms with E-state index in [1.165, 1.54) is 0 Å². The van der Waals surface area contributed by atoms with Crippen molar-refractivity contribution >= 4 is 17.5 Å². The third kappa shape index (κ3) is 3.87. The number of ether oxygens (including phenoxy) is 1. The zero-order valence-corrected chi connectivity index (χ0v) is 14.1. The fourth-order valence-electron chi connectivity index (χ4n) is 2.86. The molecular weight excluding hydrogens is 326 g/mol. The predicted octanol–water partition coefficient (Wildman–Crippen LogP) is 2.43. The lowest BCUT2D eigenvalue weighted by Crippen LogP contribution is -2.34. The molecule has 2 atom stereocenters. The molecule has 0 bridgehead atoms. The molecule has 0 radical (unpaired) electrons. The van der Waals surface area contributed by atoms with E-state index in [0.29, 0.717) is 18.1 Å². The summed E-state index contributed by atoms with van der Waals surface area (Å²) < 4.78 is 5.27. The molecule has 1 heterocycles. The van der Waals surface area contributed by atoms with Gasteiger partial charge in [0.2, 0.25) is 5.91 Å². The molecule has 3 N–H and O–H groups in total. The first-order valence-electron chi connectivity index (χ1n) is 7.82. The lowest BCUT2D eigenvalue weighted by Gasteiger charge is -2.19. The number of benzene rings is 2. The van der Waals surface area contributed by atoms with Crippen LogP contribution < -0.4 is 20.9 Å². The molecule has 1 aliphatic rings. The fraction of sp³-hybridized carbons (Fsp3) is 0.278. The van der Waals surface area contributed by atoms with Gasteiger partial charge in [-0.2, -0.15) is 0 Å². The molecule has 3 rings (SSSR count). The number of hydrazine groups is 1. The van der Waals surface area contributed by atoms with Crippen molar-refractivity contribution in [3.63, 3.8) is 0 Å². The van der Waals surface area contributed by atoms with Crippen LogP contribution in [0, 0.1) is 5.92 Å². The number of hydrogen-bond donors (Lipinski definition) is 3. The Labute approximate surface area is 146 Å². The van der Waals surface area contributed by atoms with E-state index in [2.05, 4.69) is 16.2 Å². The first kappa shape index (κ1) is 16.8. The lowest BCUT2D eigenvalue weighted by atomic mass is 9.94. The highest BCUT2D eigenvalue weighted by atomic mass is 35.5. The molecule has 24 heavy (non-hydrogen) atoms. The molecular formula is C18H20ClN3O2. The minimum Gasteiger partial charge on any atom is -0.497 e. The van der Waals surface area contributed by atoms with Gasteiger partial charge in [-0.15, -0.1) is 0 Å². The van der Waals surface area contributed by atoms with Crippen LogP contribution in [0.15, 0.2) is 48.5 Å². The fourth-order valence-corrected chi connectivity index (χ4v) is 3.07. The van der Waals surface area contributed by atoms with Gasteiger partial charge in [0, 0.05) is 18.1 Å². The number of carbonyl (C=O) groups excluding carboxylic acids is 1. The summed E-state index contributed by atoms with van der Waals surface area (Å²) in [4.78, 5) is 12.6. The van der Waals surface area contributed by atoms with Crippen LogP contribution in [0.3, 0.4) is 0 Å². The van der Waals surface area contributed by atoms with Gasteiger partial charge in [-0.3, -0.25) is 10.2 Å². The molecule has 0 aromatic heterocycles. The Kier molecular flexibility index (Phi) is 5.35. The summed E-state index contributed by atoms with van der Waals surface area (Å²) in [6.07, 6.45) is 0.